The molecule has 0 saturated heterocycles. The third-order valence-electron chi connectivity index (χ3n) is 3.89. The van der Waals surface area contributed by atoms with Crippen LogP contribution in [0.1, 0.15) is 38.8 Å². The number of hydrogen-bond donors (Lipinski definition) is 2. The Hall–Kier alpha value is -2.62. The van der Waals surface area contributed by atoms with E-state index in [1.54, 1.807) is 0 Å². The van der Waals surface area contributed by atoms with E-state index < -0.39 is 0 Å². The monoisotopic (exact) mass is 306 g/mol. The highest BCUT2D eigenvalue weighted by Crippen LogP contribution is 2.22. The predicted octanol–water partition coefficient (Wildman–Crippen LogP) is 4.70. The van der Waals surface area contributed by atoms with Gasteiger partial charge in [0.1, 0.15) is 0 Å². The van der Waals surface area contributed by atoms with Crippen molar-refractivity contribution in [1.82, 2.24) is 9.97 Å². The van der Waals surface area contributed by atoms with Crippen LogP contribution < -0.4 is 5.43 Å². The molecule has 0 unspecified atom stereocenters. The second-order valence-corrected chi connectivity index (χ2v) is 6.74. The molecule has 0 spiro atoms. The first-order chi connectivity index (χ1) is 10.9. The first-order valence-corrected chi connectivity index (χ1v) is 7.79. The molecular formula is C19H22N4. The summed E-state index contributed by atoms with van der Waals surface area (Å²) in [4.78, 5) is 7.65. The van der Waals surface area contributed by atoms with Crippen LogP contribution in [0.5, 0.6) is 0 Å². The molecule has 0 fully saturated rings. The smallest absolute Gasteiger partial charge is 0.222 e. The minimum Gasteiger partial charge on any atom is -0.323 e. The highest BCUT2D eigenvalue weighted by molar-refractivity contribution is 5.99. The minimum absolute atomic E-state index is 0.163. The van der Waals surface area contributed by atoms with Gasteiger partial charge in [0.15, 0.2) is 0 Å². The molecule has 0 radical (unpaired) electrons. The summed E-state index contributed by atoms with van der Waals surface area (Å²) in [5, 5.41) is 4.42. The SMILES string of the molecule is C/C(=N\Nc1nc2ccccc2[nH]1)c1ccc(C(C)(C)C)cc1. The van der Waals surface area contributed by atoms with Crippen LogP contribution in [0.2, 0.25) is 0 Å². The summed E-state index contributed by atoms with van der Waals surface area (Å²) in [5.74, 6) is 0.650. The van der Waals surface area contributed by atoms with Gasteiger partial charge in [0.05, 0.1) is 16.7 Å². The van der Waals surface area contributed by atoms with E-state index in [9.17, 15) is 0 Å². The van der Waals surface area contributed by atoms with Crippen LogP contribution in [0, 0.1) is 0 Å². The number of imidazole rings is 1. The Kier molecular flexibility index (Phi) is 3.90. The highest BCUT2D eigenvalue weighted by Gasteiger charge is 2.13. The summed E-state index contributed by atoms with van der Waals surface area (Å²) in [6.07, 6.45) is 0. The zero-order chi connectivity index (χ0) is 16.4. The van der Waals surface area contributed by atoms with E-state index in [-0.39, 0.29) is 5.41 Å². The Labute approximate surface area is 136 Å². The van der Waals surface area contributed by atoms with Crippen molar-refractivity contribution in [3.05, 3.63) is 59.7 Å². The number of rotatable bonds is 3. The van der Waals surface area contributed by atoms with Gasteiger partial charge >= 0.3 is 0 Å². The summed E-state index contributed by atoms with van der Waals surface area (Å²) in [5.41, 5.74) is 8.43. The number of fused-ring (bicyclic) bond motifs is 1. The molecule has 118 valence electrons. The lowest BCUT2D eigenvalue weighted by molar-refractivity contribution is 0.590. The summed E-state index contributed by atoms with van der Waals surface area (Å²) in [7, 11) is 0. The lowest BCUT2D eigenvalue weighted by Gasteiger charge is -2.19. The van der Waals surface area contributed by atoms with Crippen LogP contribution in [0.25, 0.3) is 11.0 Å². The van der Waals surface area contributed by atoms with E-state index >= 15 is 0 Å². The first kappa shape index (κ1) is 15.3. The third kappa shape index (κ3) is 3.42. The van der Waals surface area contributed by atoms with Crippen molar-refractivity contribution in [3.8, 4) is 0 Å². The number of hydrogen-bond acceptors (Lipinski definition) is 3. The molecule has 3 aromatic rings. The maximum atomic E-state index is 4.45. The van der Waals surface area contributed by atoms with Crippen LogP contribution in [0.4, 0.5) is 5.95 Å². The van der Waals surface area contributed by atoms with Gasteiger partial charge in [-0.05, 0) is 35.6 Å². The van der Waals surface area contributed by atoms with Crippen molar-refractivity contribution in [3.63, 3.8) is 0 Å². The number of benzene rings is 2. The normalized spacial score (nSPS) is 12.6. The van der Waals surface area contributed by atoms with Gasteiger partial charge in [-0.2, -0.15) is 5.10 Å². The van der Waals surface area contributed by atoms with E-state index in [4.69, 9.17) is 0 Å². The quantitative estimate of drug-likeness (QED) is 0.544. The summed E-state index contributed by atoms with van der Waals surface area (Å²) in [6.45, 7) is 8.63. The number of para-hydroxylation sites is 2. The Morgan fingerprint density at radius 3 is 2.39 bits per heavy atom. The van der Waals surface area contributed by atoms with Crippen molar-refractivity contribution < 1.29 is 0 Å². The van der Waals surface area contributed by atoms with Gasteiger partial charge in [-0.1, -0.05) is 57.2 Å². The van der Waals surface area contributed by atoms with Gasteiger partial charge in [0.25, 0.3) is 0 Å². The molecule has 3 rings (SSSR count). The molecule has 23 heavy (non-hydrogen) atoms. The molecule has 2 N–H and O–H groups in total. The predicted molar refractivity (Wildman–Crippen MR) is 97.1 cm³/mol. The number of anilines is 1. The van der Waals surface area contributed by atoms with Crippen LogP contribution >= 0.6 is 0 Å². The highest BCUT2D eigenvalue weighted by atomic mass is 15.4. The molecule has 0 aliphatic rings. The zero-order valence-corrected chi connectivity index (χ0v) is 14.0. The standard InChI is InChI=1S/C19H22N4/c1-13(14-9-11-15(12-10-14)19(2,3)4)22-23-18-20-16-7-5-6-8-17(16)21-18/h5-12H,1-4H3,(H2,20,21,23)/b22-13+. The Bertz CT molecular complexity index is 803. The van der Waals surface area contributed by atoms with Crippen LogP contribution in [-0.2, 0) is 5.41 Å². The third-order valence-corrected chi connectivity index (χ3v) is 3.89. The van der Waals surface area contributed by atoms with E-state index in [1.807, 2.05) is 31.2 Å². The molecule has 0 bridgehead atoms. The average molecular weight is 306 g/mol. The van der Waals surface area contributed by atoms with Crippen LogP contribution in [0.15, 0.2) is 53.6 Å². The van der Waals surface area contributed by atoms with Crippen molar-refractivity contribution in [1.29, 1.82) is 0 Å². The maximum Gasteiger partial charge on any atom is 0.222 e. The van der Waals surface area contributed by atoms with Gasteiger partial charge in [0, 0.05) is 0 Å². The van der Waals surface area contributed by atoms with Crippen molar-refractivity contribution in [2.24, 2.45) is 5.10 Å². The second-order valence-electron chi connectivity index (χ2n) is 6.74. The summed E-state index contributed by atoms with van der Waals surface area (Å²) >= 11 is 0. The fourth-order valence-corrected chi connectivity index (χ4v) is 2.42. The van der Waals surface area contributed by atoms with Gasteiger partial charge in [-0.15, -0.1) is 0 Å². The fraction of sp³-hybridized carbons (Fsp3) is 0.263. The topological polar surface area (TPSA) is 53.1 Å². The number of nitrogens with one attached hydrogen (secondary N) is 2. The molecule has 2 aromatic carbocycles. The largest absolute Gasteiger partial charge is 0.323 e. The van der Waals surface area contributed by atoms with Gasteiger partial charge in [0.2, 0.25) is 5.95 Å². The second kappa shape index (κ2) is 5.88. The van der Waals surface area contributed by atoms with E-state index in [0.717, 1.165) is 22.3 Å². The summed E-state index contributed by atoms with van der Waals surface area (Å²) < 4.78 is 0. The van der Waals surface area contributed by atoms with Crippen molar-refractivity contribution >= 4 is 22.7 Å². The molecular weight excluding hydrogens is 284 g/mol. The molecule has 1 heterocycles. The molecule has 0 aliphatic carbocycles. The van der Waals surface area contributed by atoms with Crippen LogP contribution in [0.3, 0.4) is 0 Å². The van der Waals surface area contributed by atoms with Gasteiger partial charge in [-0.3, -0.25) is 0 Å². The Balaban J connectivity index is 1.76. The fourth-order valence-electron chi connectivity index (χ4n) is 2.42. The molecule has 0 aliphatic heterocycles. The molecule has 4 heteroatoms. The molecule has 0 amide bonds. The number of H-pyrrole nitrogens is 1. The average Bonchev–Trinajstić information content (AvgIpc) is 2.95. The van der Waals surface area contributed by atoms with Gasteiger partial charge in [-0.25, -0.2) is 10.4 Å². The minimum atomic E-state index is 0.163. The first-order valence-electron chi connectivity index (χ1n) is 7.79. The lowest BCUT2D eigenvalue weighted by atomic mass is 9.86. The van der Waals surface area contributed by atoms with E-state index in [0.29, 0.717) is 5.95 Å². The van der Waals surface area contributed by atoms with Crippen LogP contribution in [-0.4, -0.2) is 15.7 Å². The Morgan fingerprint density at radius 1 is 1.04 bits per heavy atom. The van der Waals surface area contributed by atoms with Crippen molar-refractivity contribution in [2.45, 2.75) is 33.1 Å². The maximum absolute atomic E-state index is 4.45. The Morgan fingerprint density at radius 2 is 1.74 bits per heavy atom. The molecule has 0 atom stereocenters. The molecule has 4 nitrogen and oxygen atoms in total. The number of hydrazone groups is 1. The molecule has 0 saturated carbocycles. The zero-order valence-electron chi connectivity index (χ0n) is 14.0. The summed E-state index contributed by atoms with van der Waals surface area (Å²) in [6, 6.07) is 16.5. The number of aromatic nitrogens is 2. The van der Waals surface area contributed by atoms with Gasteiger partial charge < -0.3 is 4.98 Å². The van der Waals surface area contributed by atoms with E-state index in [2.05, 4.69) is 65.5 Å². The lowest BCUT2D eigenvalue weighted by Crippen LogP contribution is -2.11. The number of nitrogens with zero attached hydrogens (tertiary/aromatic N) is 2. The van der Waals surface area contributed by atoms with Crippen molar-refractivity contribution in [2.75, 3.05) is 5.43 Å². The van der Waals surface area contributed by atoms with E-state index in [1.165, 1.54) is 5.56 Å². The number of aromatic amines is 1. The molecule has 1 aromatic heterocycles.